The number of hydrogen-bond acceptors (Lipinski definition) is 0. The van der Waals surface area contributed by atoms with Gasteiger partial charge in [0.05, 0.1) is 5.92 Å². The lowest BCUT2D eigenvalue weighted by atomic mass is 9.94. The lowest BCUT2D eigenvalue weighted by Gasteiger charge is -2.23. The quantitative estimate of drug-likeness (QED) is 0.643. The SMILES string of the molecule is CCCC(C(=C(F)F)C(F)(F)F)C(F)(F)F. The highest BCUT2D eigenvalue weighted by atomic mass is 19.4. The van der Waals surface area contributed by atoms with Crippen LogP contribution in [-0.4, -0.2) is 12.4 Å². The Bertz CT molecular complexity index is 254. The van der Waals surface area contributed by atoms with Crippen molar-refractivity contribution in [3.05, 3.63) is 11.7 Å². The molecule has 0 aromatic carbocycles. The van der Waals surface area contributed by atoms with Gasteiger partial charge in [-0.15, -0.1) is 0 Å². The summed E-state index contributed by atoms with van der Waals surface area (Å²) in [6, 6.07) is 0. The second-order valence-electron chi connectivity index (χ2n) is 3.05. The van der Waals surface area contributed by atoms with E-state index in [2.05, 4.69) is 0 Å². The Morgan fingerprint density at radius 3 is 1.62 bits per heavy atom. The van der Waals surface area contributed by atoms with Crippen molar-refractivity contribution in [2.75, 3.05) is 0 Å². The van der Waals surface area contributed by atoms with Crippen LogP contribution in [0.1, 0.15) is 19.8 Å². The first kappa shape index (κ1) is 15.2. The molecule has 0 spiro atoms. The number of allylic oxidation sites excluding steroid dienone is 1. The van der Waals surface area contributed by atoms with Crippen LogP contribution in [0.3, 0.4) is 0 Å². The van der Waals surface area contributed by atoms with Crippen molar-refractivity contribution >= 4 is 0 Å². The standard InChI is InChI=1S/C8H8F8/c1-2-3-4(7(11,12)13)5(6(9)10)8(14,15)16/h4H,2-3H2,1H3. The maximum Gasteiger partial charge on any atom is 0.418 e. The molecule has 0 radical (unpaired) electrons. The lowest BCUT2D eigenvalue weighted by molar-refractivity contribution is -0.189. The van der Waals surface area contributed by atoms with Crippen molar-refractivity contribution < 1.29 is 35.1 Å². The third-order valence-corrected chi connectivity index (χ3v) is 1.83. The molecule has 0 aliphatic heterocycles. The molecule has 1 unspecified atom stereocenters. The smallest absolute Gasteiger partial charge is 0.173 e. The fourth-order valence-electron chi connectivity index (χ4n) is 1.20. The minimum atomic E-state index is -5.67. The number of halogens is 8. The maximum absolute atomic E-state index is 12.2. The van der Waals surface area contributed by atoms with E-state index in [4.69, 9.17) is 0 Å². The third-order valence-electron chi connectivity index (χ3n) is 1.83. The number of hydrogen-bond donors (Lipinski definition) is 0. The van der Waals surface area contributed by atoms with E-state index < -0.39 is 36.3 Å². The van der Waals surface area contributed by atoms with Gasteiger partial charge in [0, 0.05) is 0 Å². The monoisotopic (exact) mass is 256 g/mol. The van der Waals surface area contributed by atoms with Gasteiger partial charge in [0.25, 0.3) is 6.08 Å². The highest BCUT2D eigenvalue weighted by Crippen LogP contribution is 2.44. The van der Waals surface area contributed by atoms with Crippen LogP contribution in [-0.2, 0) is 0 Å². The van der Waals surface area contributed by atoms with Gasteiger partial charge in [-0.05, 0) is 6.42 Å². The molecule has 0 saturated heterocycles. The number of rotatable bonds is 3. The molecule has 0 nitrogen and oxygen atoms in total. The van der Waals surface area contributed by atoms with E-state index in [1.54, 1.807) is 0 Å². The molecule has 0 rings (SSSR count). The van der Waals surface area contributed by atoms with Crippen LogP contribution in [0.25, 0.3) is 0 Å². The maximum atomic E-state index is 12.2. The van der Waals surface area contributed by atoms with Gasteiger partial charge in [0.1, 0.15) is 5.57 Å². The second-order valence-corrected chi connectivity index (χ2v) is 3.05. The zero-order valence-electron chi connectivity index (χ0n) is 8.02. The molecule has 0 aliphatic carbocycles. The first-order valence-corrected chi connectivity index (χ1v) is 4.20. The molecule has 0 heterocycles. The Hall–Kier alpha value is -0.820. The van der Waals surface area contributed by atoms with Crippen molar-refractivity contribution in [2.45, 2.75) is 32.1 Å². The predicted octanol–water partition coefficient (Wildman–Crippen LogP) is 4.68. The molecular weight excluding hydrogens is 248 g/mol. The molecule has 0 aromatic rings. The summed E-state index contributed by atoms with van der Waals surface area (Å²) in [5.74, 6) is -3.16. The average molecular weight is 256 g/mol. The van der Waals surface area contributed by atoms with E-state index in [1.165, 1.54) is 6.92 Å². The fourth-order valence-corrected chi connectivity index (χ4v) is 1.20. The largest absolute Gasteiger partial charge is 0.418 e. The van der Waals surface area contributed by atoms with Crippen LogP contribution in [0, 0.1) is 5.92 Å². The van der Waals surface area contributed by atoms with Crippen molar-refractivity contribution in [1.29, 1.82) is 0 Å². The normalized spacial score (nSPS) is 14.8. The first-order valence-electron chi connectivity index (χ1n) is 4.20. The molecule has 1 atom stereocenters. The average Bonchev–Trinajstić information content (AvgIpc) is 1.98. The molecule has 0 aromatic heterocycles. The Balaban J connectivity index is 5.41. The van der Waals surface area contributed by atoms with Crippen molar-refractivity contribution in [3.63, 3.8) is 0 Å². The Morgan fingerprint density at radius 2 is 1.44 bits per heavy atom. The van der Waals surface area contributed by atoms with E-state index in [9.17, 15) is 35.1 Å². The van der Waals surface area contributed by atoms with Gasteiger partial charge in [-0.3, -0.25) is 0 Å². The minimum Gasteiger partial charge on any atom is -0.173 e. The van der Waals surface area contributed by atoms with Gasteiger partial charge in [-0.1, -0.05) is 13.3 Å². The molecule has 0 bridgehead atoms. The van der Waals surface area contributed by atoms with Gasteiger partial charge in [-0.2, -0.15) is 35.1 Å². The first-order chi connectivity index (χ1) is 7.01. The van der Waals surface area contributed by atoms with E-state index in [0.717, 1.165) is 0 Å². The summed E-state index contributed by atoms with van der Waals surface area (Å²) < 4.78 is 96.6. The molecule has 0 amide bonds. The molecule has 16 heavy (non-hydrogen) atoms. The van der Waals surface area contributed by atoms with Crippen molar-refractivity contribution in [2.24, 2.45) is 5.92 Å². The summed E-state index contributed by atoms with van der Waals surface area (Å²) in [5, 5.41) is 0. The molecule has 0 N–H and O–H groups in total. The molecule has 0 saturated carbocycles. The highest BCUT2D eigenvalue weighted by Gasteiger charge is 2.52. The van der Waals surface area contributed by atoms with Crippen molar-refractivity contribution in [3.8, 4) is 0 Å². The molecular formula is C8H8F8. The van der Waals surface area contributed by atoms with E-state index in [1.807, 2.05) is 0 Å². The zero-order chi connectivity index (χ0) is 13.1. The fraction of sp³-hybridized carbons (Fsp3) is 0.750. The van der Waals surface area contributed by atoms with Gasteiger partial charge in [-0.25, -0.2) is 0 Å². The van der Waals surface area contributed by atoms with Gasteiger partial charge < -0.3 is 0 Å². The van der Waals surface area contributed by atoms with Crippen LogP contribution in [0.4, 0.5) is 35.1 Å². The van der Waals surface area contributed by atoms with Crippen LogP contribution in [0.2, 0.25) is 0 Å². The van der Waals surface area contributed by atoms with Gasteiger partial charge >= 0.3 is 12.4 Å². The van der Waals surface area contributed by atoms with Crippen molar-refractivity contribution in [1.82, 2.24) is 0 Å². The predicted molar refractivity (Wildman–Crippen MR) is 39.8 cm³/mol. The highest BCUT2D eigenvalue weighted by molar-refractivity contribution is 5.15. The van der Waals surface area contributed by atoms with Gasteiger partial charge in [0.15, 0.2) is 0 Å². The van der Waals surface area contributed by atoms with Crippen LogP contribution >= 0.6 is 0 Å². The van der Waals surface area contributed by atoms with Crippen LogP contribution < -0.4 is 0 Å². The molecule has 96 valence electrons. The molecule has 0 aliphatic rings. The molecule has 8 heteroatoms. The minimum absolute atomic E-state index is 0.281. The Kier molecular flexibility index (Phi) is 4.75. The number of alkyl halides is 6. The zero-order valence-corrected chi connectivity index (χ0v) is 8.02. The summed E-state index contributed by atoms with van der Waals surface area (Å²) in [5.41, 5.74) is -2.79. The molecule has 0 fully saturated rings. The Morgan fingerprint density at radius 1 is 1.00 bits per heavy atom. The summed E-state index contributed by atoms with van der Waals surface area (Å²) in [6.45, 7) is 1.18. The summed E-state index contributed by atoms with van der Waals surface area (Å²) in [6.07, 6.45) is -15.6. The van der Waals surface area contributed by atoms with Gasteiger partial charge in [0.2, 0.25) is 0 Å². The van der Waals surface area contributed by atoms with E-state index in [-0.39, 0.29) is 6.42 Å². The summed E-state index contributed by atoms with van der Waals surface area (Å²) >= 11 is 0. The van der Waals surface area contributed by atoms with Crippen LogP contribution in [0.15, 0.2) is 11.7 Å². The summed E-state index contributed by atoms with van der Waals surface area (Å²) in [4.78, 5) is 0. The van der Waals surface area contributed by atoms with E-state index >= 15 is 0 Å². The Labute approximate surface area is 85.9 Å². The lowest BCUT2D eigenvalue weighted by Crippen LogP contribution is -2.32. The third kappa shape index (κ3) is 3.97. The topological polar surface area (TPSA) is 0 Å². The second kappa shape index (κ2) is 5.01. The van der Waals surface area contributed by atoms with Crippen LogP contribution in [0.5, 0.6) is 0 Å². The van der Waals surface area contributed by atoms with E-state index in [0.29, 0.717) is 0 Å². The summed E-state index contributed by atoms with van der Waals surface area (Å²) in [7, 11) is 0.